The second-order valence-electron chi connectivity index (χ2n) is 7.61. The average molecular weight is 445 g/mol. The second-order valence-corrected chi connectivity index (χ2v) is 8.59. The summed E-state index contributed by atoms with van der Waals surface area (Å²) in [4.78, 5) is 8.28. The number of ether oxygens (including phenoxy) is 2. The highest BCUT2D eigenvalue weighted by molar-refractivity contribution is 7.10. The topological polar surface area (TPSA) is 58.1 Å². The van der Waals surface area contributed by atoms with Gasteiger partial charge in [-0.1, -0.05) is 36.4 Å². The molecule has 0 radical (unpaired) electrons. The largest absolute Gasteiger partial charge is 0.381 e. The predicted molar refractivity (Wildman–Crippen MR) is 129 cm³/mol. The monoisotopic (exact) mass is 444 g/mol. The first-order chi connectivity index (χ1) is 15.4. The van der Waals surface area contributed by atoms with Gasteiger partial charge in [0.05, 0.1) is 25.9 Å². The van der Waals surface area contributed by atoms with Crippen molar-refractivity contribution in [2.24, 2.45) is 4.99 Å². The average Bonchev–Trinajstić information content (AvgIpc) is 3.35. The highest BCUT2D eigenvalue weighted by Gasteiger charge is 2.23. The lowest BCUT2D eigenvalue weighted by Gasteiger charge is -2.34. The molecule has 0 spiro atoms. The fourth-order valence-corrected chi connectivity index (χ4v) is 4.53. The van der Waals surface area contributed by atoms with Crippen LogP contribution in [0.25, 0.3) is 0 Å². The number of rotatable bonds is 12. The molecule has 0 saturated carbocycles. The maximum atomic E-state index is 5.77. The molecule has 2 N–H and O–H groups in total. The number of nitrogens with zero attached hydrogens (tertiary/aromatic N) is 2. The molecule has 170 valence electrons. The Bertz CT molecular complexity index is 733. The van der Waals surface area contributed by atoms with Crippen LogP contribution in [-0.4, -0.2) is 70.5 Å². The van der Waals surface area contributed by atoms with Crippen LogP contribution in [-0.2, 0) is 15.9 Å². The number of unbranched alkanes of at least 4 members (excludes halogenated alkanes) is 1. The van der Waals surface area contributed by atoms with E-state index in [1.807, 2.05) is 24.5 Å². The molecule has 0 amide bonds. The fourth-order valence-electron chi connectivity index (χ4n) is 3.67. The van der Waals surface area contributed by atoms with E-state index in [2.05, 4.69) is 62.3 Å². The molecule has 1 fully saturated rings. The van der Waals surface area contributed by atoms with Gasteiger partial charge in [-0.2, -0.15) is 0 Å². The molecule has 31 heavy (non-hydrogen) atoms. The van der Waals surface area contributed by atoms with Crippen molar-refractivity contribution in [2.45, 2.75) is 25.3 Å². The summed E-state index contributed by atoms with van der Waals surface area (Å²) in [7, 11) is 1.83. The summed E-state index contributed by atoms with van der Waals surface area (Å²) in [5.41, 5.74) is 1.33. The first-order valence-corrected chi connectivity index (χ1v) is 12.2. The van der Waals surface area contributed by atoms with Crippen LogP contribution in [0.1, 0.15) is 29.3 Å². The van der Waals surface area contributed by atoms with Gasteiger partial charge in [-0.25, -0.2) is 0 Å². The molecule has 2 aromatic rings. The molecule has 0 aliphatic carbocycles. The van der Waals surface area contributed by atoms with E-state index in [-0.39, 0.29) is 0 Å². The standard InChI is InChI=1S/C24H36N4O2S/c1-25-24(26-12-5-6-15-29-16-11-21-8-3-2-4-9-21)27-20-22(23-10-7-19-31-23)28-13-17-30-18-14-28/h2-4,7-10,19,22H,5-6,11-18,20H2,1H3,(H2,25,26,27). The van der Waals surface area contributed by atoms with E-state index in [0.29, 0.717) is 6.04 Å². The number of benzene rings is 1. The molecular weight excluding hydrogens is 408 g/mol. The molecule has 0 bridgehead atoms. The van der Waals surface area contributed by atoms with Crippen molar-refractivity contribution in [3.63, 3.8) is 0 Å². The maximum Gasteiger partial charge on any atom is 0.191 e. The summed E-state index contributed by atoms with van der Waals surface area (Å²) in [5, 5.41) is 9.10. The number of hydrogen-bond donors (Lipinski definition) is 2. The highest BCUT2D eigenvalue weighted by atomic mass is 32.1. The minimum absolute atomic E-state index is 0.348. The number of guanidine groups is 1. The van der Waals surface area contributed by atoms with Crippen LogP contribution >= 0.6 is 11.3 Å². The van der Waals surface area contributed by atoms with Gasteiger partial charge >= 0.3 is 0 Å². The fraction of sp³-hybridized carbons (Fsp3) is 0.542. The molecule has 1 aliphatic rings. The third kappa shape index (κ3) is 8.61. The summed E-state index contributed by atoms with van der Waals surface area (Å²) < 4.78 is 11.3. The number of hydrogen-bond acceptors (Lipinski definition) is 5. The molecular formula is C24H36N4O2S. The van der Waals surface area contributed by atoms with Crippen LogP contribution in [0.2, 0.25) is 0 Å². The van der Waals surface area contributed by atoms with Crippen molar-refractivity contribution >= 4 is 17.3 Å². The van der Waals surface area contributed by atoms with Gasteiger partial charge in [-0.05, 0) is 36.3 Å². The molecule has 1 aromatic carbocycles. The van der Waals surface area contributed by atoms with E-state index in [1.165, 1.54) is 10.4 Å². The predicted octanol–water partition coefficient (Wildman–Crippen LogP) is 3.33. The van der Waals surface area contributed by atoms with Crippen molar-refractivity contribution in [3.05, 3.63) is 58.3 Å². The van der Waals surface area contributed by atoms with Gasteiger partial charge in [0.1, 0.15) is 0 Å². The van der Waals surface area contributed by atoms with Crippen LogP contribution in [0.4, 0.5) is 0 Å². The van der Waals surface area contributed by atoms with Gasteiger partial charge in [-0.3, -0.25) is 9.89 Å². The van der Waals surface area contributed by atoms with E-state index >= 15 is 0 Å². The van der Waals surface area contributed by atoms with E-state index in [4.69, 9.17) is 9.47 Å². The third-order valence-corrected chi connectivity index (χ3v) is 6.40. The summed E-state index contributed by atoms with van der Waals surface area (Å²) in [6.45, 7) is 6.88. The molecule has 3 rings (SSSR count). The Labute approximate surface area is 190 Å². The summed E-state index contributed by atoms with van der Waals surface area (Å²) in [5.74, 6) is 0.861. The van der Waals surface area contributed by atoms with Crippen molar-refractivity contribution in [1.82, 2.24) is 15.5 Å². The van der Waals surface area contributed by atoms with Gasteiger partial charge in [0.25, 0.3) is 0 Å². The van der Waals surface area contributed by atoms with E-state index in [9.17, 15) is 0 Å². The van der Waals surface area contributed by atoms with Crippen molar-refractivity contribution in [3.8, 4) is 0 Å². The lowest BCUT2D eigenvalue weighted by Crippen LogP contribution is -2.46. The van der Waals surface area contributed by atoms with Gasteiger partial charge in [0.15, 0.2) is 5.96 Å². The Morgan fingerprint density at radius 2 is 1.94 bits per heavy atom. The zero-order valence-corrected chi connectivity index (χ0v) is 19.4. The van der Waals surface area contributed by atoms with Gasteiger partial charge in [0, 0.05) is 44.7 Å². The van der Waals surface area contributed by atoms with Crippen LogP contribution in [0.5, 0.6) is 0 Å². The van der Waals surface area contributed by atoms with Crippen LogP contribution in [0.3, 0.4) is 0 Å². The molecule has 1 aliphatic heterocycles. The van der Waals surface area contributed by atoms with E-state index in [0.717, 1.165) is 77.8 Å². The van der Waals surface area contributed by atoms with Crippen LogP contribution < -0.4 is 10.6 Å². The molecule has 7 heteroatoms. The van der Waals surface area contributed by atoms with Crippen molar-refractivity contribution in [1.29, 1.82) is 0 Å². The lowest BCUT2D eigenvalue weighted by molar-refractivity contribution is 0.0177. The van der Waals surface area contributed by atoms with Gasteiger partial charge in [-0.15, -0.1) is 11.3 Å². The Hall–Kier alpha value is -1.93. The van der Waals surface area contributed by atoms with Crippen molar-refractivity contribution in [2.75, 3.05) is 59.7 Å². The van der Waals surface area contributed by atoms with E-state index < -0.39 is 0 Å². The number of morpholine rings is 1. The molecule has 1 saturated heterocycles. The van der Waals surface area contributed by atoms with Crippen molar-refractivity contribution < 1.29 is 9.47 Å². The second kappa shape index (κ2) is 14.2. The Kier molecular flexibility index (Phi) is 10.9. The molecule has 2 heterocycles. The number of thiophene rings is 1. The minimum Gasteiger partial charge on any atom is -0.381 e. The summed E-state index contributed by atoms with van der Waals surface area (Å²) in [6, 6.07) is 15.2. The molecule has 1 aromatic heterocycles. The molecule has 1 atom stereocenters. The first-order valence-electron chi connectivity index (χ1n) is 11.3. The first kappa shape index (κ1) is 23.7. The Morgan fingerprint density at radius 1 is 1.10 bits per heavy atom. The normalized spacial score (nSPS) is 16.2. The highest BCUT2D eigenvalue weighted by Crippen LogP contribution is 2.25. The zero-order valence-electron chi connectivity index (χ0n) is 18.6. The minimum atomic E-state index is 0.348. The molecule has 6 nitrogen and oxygen atoms in total. The number of nitrogens with one attached hydrogen (secondary N) is 2. The van der Waals surface area contributed by atoms with Crippen LogP contribution in [0, 0.1) is 0 Å². The van der Waals surface area contributed by atoms with Gasteiger partial charge < -0.3 is 20.1 Å². The third-order valence-electron chi connectivity index (χ3n) is 5.43. The Balaban J connectivity index is 1.29. The summed E-state index contributed by atoms with van der Waals surface area (Å²) >= 11 is 1.82. The summed E-state index contributed by atoms with van der Waals surface area (Å²) in [6.07, 6.45) is 3.08. The Morgan fingerprint density at radius 3 is 2.68 bits per heavy atom. The lowest BCUT2D eigenvalue weighted by atomic mass is 10.2. The maximum absolute atomic E-state index is 5.77. The van der Waals surface area contributed by atoms with Gasteiger partial charge in [0.2, 0.25) is 0 Å². The van der Waals surface area contributed by atoms with E-state index in [1.54, 1.807) is 0 Å². The molecule has 1 unspecified atom stereocenters. The number of aliphatic imine (C=N–C) groups is 1. The quantitative estimate of drug-likeness (QED) is 0.299. The zero-order chi connectivity index (χ0) is 21.6. The van der Waals surface area contributed by atoms with Crippen LogP contribution in [0.15, 0.2) is 52.8 Å². The smallest absolute Gasteiger partial charge is 0.191 e. The SMILES string of the molecule is CN=C(NCCCCOCCc1ccccc1)NCC(c1cccs1)N1CCOCC1.